The average Bonchev–Trinajstić information content (AvgIpc) is 2.69. The molecular formula is C12H16S2. The molecule has 1 heterocycles. The van der Waals surface area contributed by atoms with Gasteiger partial charge in [0.05, 0.1) is 4.08 Å². The van der Waals surface area contributed by atoms with Gasteiger partial charge in [-0.1, -0.05) is 44.2 Å². The second-order valence-electron chi connectivity index (χ2n) is 3.89. The Bertz CT molecular complexity index is 286. The number of rotatable bonds is 2. The van der Waals surface area contributed by atoms with Crippen molar-refractivity contribution in [3.05, 3.63) is 35.9 Å². The normalized spacial score (nSPS) is 20.2. The fraction of sp³-hybridized carbons (Fsp3) is 0.500. The van der Waals surface area contributed by atoms with Crippen molar-refractivity contribution in [3.8, 4) is 0 Å². The van der Waals surface area contributed by atoms with Crippen molar-refractivity contribution in [1.82, 2.24) is 0 Å². The lowest BCUT2D eigenvalue weighted by molar-refractivity contribution is 0.595. The van der Waals surface area contributed by atoms with Gasteiger partial charge >= 0.3 is 0 Å². The van der Waals surface area contributed by atoms with Crippen LogP contribution >= 0.6 is 23.5 Å². The Labute approximate surface area is 94.9 Å². The molecule has 0 atom stereocenters. The largest absolute Gasteiger partial charge is 0.138 e. The number of thioether (sulfide) groups is 2. The molecule has 0 radical (unpaired) electrons. The van der Waals surface area contributed by atoms with Crippen molar-refractivity contribution in [2.75, 3.05) is 11.5 Å². The monoisotopic (exact) mass is 224 g/mol. The van der Waals surface area contributed by atoms with Crippen LogP contribution in [0.5, 0.6) is 0 Å². The highest BCUT2D eigenvalue weighted by Crippen LogP contribution is 2.56. The Balaban J connectivity index is 2.36. The second-order valence-corrected chi connectivity index (χ2v) is 6.83. The highest BCUT2D eigenvalue weighted by atomic mass is 32.2. The summed E-state index contributed by atoms with van der Waals surface area (Å²) in [5, 5.41) is 0. The first kappa shape index (κ1) is 10.4. The van der Waals surface area contributed by atoms with Crippen LogP contribution in [0.1, 0.15) is 19.4 Å². The molecule has 1 saturated heterocycles. The molecule has 1 aliphatic rings. The van der Waals surface area contributed by atoms with Crippen LogP contribution in [0.2, 0.25) is 0 Å². The molecule has 0 saturated carbocycles. The molecule has 76 valence electrons. The first-order chi connectivity index (χ1) is 6.76. The molecule has 0 amide bonds. The van der Waals surface area contributed by atoms with E-state index in [-0.39, 0.29) is 0 Å². The molecule has 1 fully saturated rings. The summed E-state index contributed by atoms with van der Waals surface area (Å²) in [5.41, 5.74) is 1.49. The molecule has 0 N–H and O–H groups in total. The molecule has 1 aromatic rings. The van der Waals surface area contributed by atoms with Crippen LogP contribution in [0.3, 0.4) is 0 Å². The minimum Gasteiger partial charge on any atom is -0.138 e. The zero-order valence-corrected chi connectivity index (χ0v) is 10.3. The smallest absolute Gasteiger partial charge is 0.0883 e. The van der Waals surface area contributed by atoms with E-state index >= 15 is 0 Å². The third kappa shape index (κ3) is 1.70. The highest BCUT2D eigenvalue weighted by molar-refractivity contribution is 8.20. The predicted molar refractivity (Wildman–Crippen MR) is 67.9 cm³/mol. The maximum Gasteiger partial charge on any atom is 0.0883 e. The second kappa shape index (κ2) is 4.19. The molecular weight excluding hydrogens is 208 g/mol. The lowest BCUT2D eigenvalue weighted by Gasteiger charge is -2.32. The maximum atomic E-state index is 2.33. The molecule has 0 aliphatic carbocycles. The summed E-state index contributed by atoms with van der Waals surface area (Å²) in [6, 6.07) is 10.9. The van der Waals surface area contributed by atoms with Gasteiger partial charge in [-0.15, -0.1) is 23.5 Å². The number of hydrogen-bond donors (Lipinski definition) is 0. The average molecular weight is 224 g/mol. The molecule has 0 unspecified atom stereocenters. The van der Waals surface area contributed by atoms with Crippen molar-refractivity contribution in [1.29, 1.82) is 0 Å². The summed E-state index contributed by atoms with van der Waals surface area (Å²) in [7, 11) is 0. The van der Waals surface area contributed by atoms with E-state index in [4.69, 9.17) is 0 Å². The minimum absolute atomic E-state index is 0.321. The summed E-state index contributed by atoms with van der Waals surface area (Å²) in [6.45, 7) is 4.66. The predicted octanol–water partition coefficient (Wildman–Crippen LogP) is 3.98. The van der Waals surface area contributed by atoms with Crippen LogP contribution in [-0.4, -0.2) is 11.5 Å². The Morgan fingerprint density at radius 3 is 2.14 bits per heavy atom. The Kier molecular flexibility index (Phi) is 3.13. The van der Waals surface area contributed by atoms with Crippen molar-refractivity contribution in [3.63, 3.8) is 0 Å². The number of hydrogen-bond acceptors (Lipinski definition) is 2. The summed E-state index contributed by atoms with van der Waals surface area (Å²) in [5.74, 6) is 3.28. The van der Waals surface area contributed by atoms with Crippen molar-refractivity contribution in [2.24, 2.45) is 5.92 Å². The summed E-state index contributed by atoms with van der Waals surface area (Å²) in [4.78, 5) is 0. The van der Waals surface area contributed by atoms with Crippen molar-refractivity contribution < 1.29 is 0 Å². The third-order valence-electron chi connectivity index (χ3n) is 2.65. The van der Waals surface area contributed by atoms with Crippen LogP contribution < -0.4 is 0 Å². The lowest BCUT2D eigenvalue weighted by atomic mass is 10.0. The minimum atomic E-state index is 0.321. The van der Waals surface area contributed by atoms with E-state index in [1.807, 2.05) is 0 Å². The molecule has 0 bridgehead atoms. The number of benzene rings is 1. The standard InChI is InChI=1S/C12H16S2/c1-10(2)12(13-8-9-14-12)11-6-4-3-5-7-11/h3-7,10H,8-9H2,1-2H3. The first-order valence-electron chi connectivity index (χ1n) is 5.09. The van der Waals surface area contributed by atoms with Gasteiger partial charge in [0.2, 0.25) is 0 Å². The quantitative estimate of drug-likeness (QED) is 0.745. The molecule has 0 aromatic heterocycles. The Morgan fingerprint density at radius 2 is 1.64 bits per heavy atom. The van der Waals surface area contributed by atoms with Crippen molar-refractivity contribution in [2.45, 2.75) is 17.9 Å². The summed E-state index contributed by atoms with van der Waals surface area (Å²) >= 11 is 4.23. The van der Waals surface area contributed by atoms with Gasteiger partial charge in [0.1, 0.15) is 0 Å². The van der Waals surface area contributed by atoms with E-state index in [1.165, 1.54) is 17.1 Å². The Hall–Kier alpha value is -0.0800. The van der Waals surface area contributed by atoms with E-state index in [2.05, 4.69) is 67.7 Å². The van der Waals surface area contributed by atoms with E-state index in [0.717, 1.165) is 0 Å². The molecule has 1 aromatic carbocycles. The topological polar surface area (TPSA) is 0 Å². The zero-order valence-electron chi connectivity index (χ0n) is 8.69. The SMILES string of the molecule is CC(C)C1(c2ccccc2)SCCS1. The first-order valence-corrected chi connectivity index (χ1v) is 7.06. The summed E-state index contributed by atoms with van der Waals surface area (Å²) in [6.07, 6.45) is 0. The molecule has 0 nitrogen and oxygen atoms in total. The van der Waals surface area contributed by atoms with Crippen molar-refractivity contribution >= 4 is 23.5 Å². The molecule has 14 heavy (non-hydrogen) atoms. The lowest BCUT2D eigenvalue weighted by Crippen LogP contribution is -2.21. The van der Waals surface area contributed by atoms with Crippen LogP contribution in [0, 0.1) is 5.92 Å². The van der Waals surface area contributed by atoms with E-state index in [0.29, 0.717) is 10.00 Å². The molecule has 0 spiro atoms. The molecule has 1 aliphatic heterocycles. The van der Waals surface area contributed by atoms with E-state index in [9.17, 15) is 0 Å². The summed E-state index contributed by atoms with van der Waals surface area (Å²) < 4.78 is 0.321. The van der Waals surface area contributed by atoms with Crippen LogP contribution in [0.25, 0.3) is 0 Å². The third-order valence-corrected chi connectivity index (χ3v) is 6.71. The van der Waals surface area contributed by atoms with Gasteiger partial charge in [-0.05, 0) is 11.5 Å². The highest BCUT2D eigenvalue weighted by Gasteiger charge is 2.40. The Morgan fingerprint density at radius 1 is 1.07 bits per heavy atom. The van der Waals surface area contributed by atoms with Gasteiger partial charge in [0.15, 0.2) is 0 Å². The maximum absolute atomic E-state index is 2.33. The van der Waals surface area contributed by atoms with Gasteiger partial charge in [-0.2, -0.15) is 0 Å². The fourth-order valence-corrected chi connectivity index (χ4v) is 5.31. The van der Waals surface area contributed by atoms with Gasteiger partial charge in [0.25, 0.3) is 0 Å². The van der Waals surface area contributed by atoms with E-state index in [1.54, 1.807) is 0 Å². The fourth-order valence-electron chi connectivity index (χ4n) is 1.93. The van der Waals surface area contributed by atoms with Gasteiger partial charge in [-0.3, -0.25) is 0 Å². The van der Waals surface area contributed by atoms with Crippen LogP contribution in [-0.2, 0) is 4.08 Å². The zero-order chi connectivity index (χ0) is 10.0. The molecule has 2 rings (SSSR count). The van der Waals surface area contributed by atoms with E-state index < -0.39 is 0 Å². The van der Waals surface area contributed by atoms with Crippen LogP contribution in [0.4, 0.5) is 0 Å². The van der Waals surface area contributed by atoms with Gasteiger partial charge in [-0.25, -0.2) is 0 Å². The van der Waals surface area contributed by atoms with Gasteiger partial charge < -0.3 is 0 Å². The van der Waals surface area contributed by atoms with Crippen LogP contribution in [0.15, 0.2) is 30.3 Å². The molecule has 2 heteroatoms. The van der Waals surface area contributed by atoms with Gasteiger partial charge in [0, 0.05) is 11.5 Å².